The third-order valence-electron chi connectivity index (χ3n) is 6.12. The Kier molecular flexibility index (Phi) is 6.11. The smallest absolute Gasteiger partial charge is 0.433 e. The first-order chi connectivity index (χ1) is 16.0. The van der Waals surface area contributed by atoms with Crippen LogP contribution in [0.4, 0.5) is 18.9 Å². The fraction of sp³-hybridized carbons (Fsp3) is 0.375. The number of fused-ring (bicyclic) bond motifs is 1. The topological polar surface area (TPSA) is 84.7 Å². The zero-order valence-corrected chi connectivity index (χ0v) is 18.9. The van der Waals surface area contributed by atoms with Gasteiger partial charge in [0.1, 0.15) is 5.69 Å². The monoisotopic (exact) mass is 475 g/mol. The molecule has 2 atom stereocenters. The molecule has 1 N–H and O–H groups in total. The maximum atomic E-state index is 13.4. The molecule has 0 saturated carbocycles. The van der Waals surface area contributed by atoms with Gasteiger partial charge in [-0.1, -0.05) is 19.1 Å². The van der Waals surface area contributed by atoms with Gasteiger partial charge in [-0.15, -0.1) is 0 Å². The quantitative estimate of drug-likeness (QED) is 0.552. The van der Waals surface area contributed by atoms with Gasteiger partial charge < -0.3 is 19.3 Å². The molecule has 7 nitrogen and oxygen atoms in total. The molecule has 0 spiro atoms. The van der Waals surface area contributed by atoms with Gasteiger partial charge in [-0.3, -0.25) is 4.79 Å². The van der Waals surface area contributed by atoms with Crippen LogP contribution in [0.2, 0.25) is 0 Å². The molecule has 10 heteroatoms. The molecular formula is C24H24F3N3O4. The van der Waals surface area contributed by atoms with E-state index in [2.05, 4.69) is 4.98 Å². The van der Waals surface area contributed by atoms with Crippen LogP contribution in [-0.4, -0.2) is 46.3 Å². The van der Waals surface area contributed by atoms with Crippen molar-refractivity contribution in [3.05, 3.63) is 47.8 Å². The predicted molar refractivity (Wildman–Crippen MR) is 120 cm³/mol. The van der Waals surface area contributed by atoms with Gasteiger partial charge in [0.15, 0.2) is 5.69 Å². The van der Waals surface area contributed by atoms with Crippen LogP contribution < -0.4 is 4.90 Å². The molecule has 4 rings (SSSR count). The number of pyridine rings is 1. The number of aromatic carboxylic acids is 1. The van der Waals surface area contributed by atoms with Crippen molar-refractivity contribution in [3.63, 3.8) is 0 Å². The van der Waals surface area contributed by atoms with Crippen molar-refractivity contribution in [2.75, 3.05) is 18.6 Å². The van der Waals surface area contributed by atoms with Crippen molar-refractivity contribution in [1.29, 1.82) is 0 Å². The minimum absolute atomic E-state index is 0.0475. The molecule has 1 saturated heterocycles. The van der Waals surface area contributed by atoms with E-state index in [-0.39, 0.29) is 41.9 Å². The summed E-state index contributed by atoms with van der Waals surface area (Å²) >= 11 is 0. The number of carbonyl (C=O) groups is 2. The maximum Gasteiger partial charge on any atom is 0.433 e. The van der Waals surface area contributed by atoms with Crippen molar-refractivity contribution in [1.82, 2.24) is 9.55 Å². The summed E-state index contributed by atoms with van der Waals surface area (Å²) in [5.41, 5.74) is 0.0731. The van der Waals surface area contributed by atoms with E-state index in [4.69, 9.17) is 4.74 Å². The molecule has 3 heterocycles. The number of nitrogens with zero attached hydrogens (tertiary/aromatic N) is 3. The van der Waals surface area contributed by atoms with Gasteiger partial charge in [-0.25, -0.2) is 9.78 Å². The van der Waals surface area contributed by atoms with Crippen LogP contribution in [0.1, 0.15) is 36.5 Å². The predicted octanol–water partition coefficient (Wildman–Crippen LogP) is 4.83. The number of carboxylic acids is 1. The van der Waals surface area contributed by atoms with Crippen molar-refractivity contribution >= 4 is 28.5 Å². The zero-order chi connectivity index (χ0) is 24.8. The van der Waals surface area contributed by atoms with E-state index >= 15 is 0 Å². The standard InChI is InChI=1S/C24H24F3N3O4/c1-13-10-14(2)30(22(13)31)17-6-4-15(5-7-17)18-11-16-12-19(24(25,26)27)28-20(23(32)33)21(16)29(18)8-9-34-3/h4-7,11-14H,8-10H2,1-3H3,(H,32,33). The fourth-order valence-corrected chi connectivity index (χ4v) is 4.59. The van der Waals surface area contributed by atoms with Crippen LogP contribution in [0.15, 0.2) is 36.4 Å². The number of alkyl halides is 3. The van der Waals surface area contributed by atoms with E-state index < -0.39 is 23.5 Å². The van der Waals surface area contributed by atoms with Crippen LogP contribution >= 0.6 is 0 Å². The number of methoxy groups -OCH3 is 1. The van der Waals surface area contributed by atoms with E-state index in [1.165, 1.54) is 13.2 Å². The first kappa shape index (κ1) is 23.7. The van der Waals surface area contributed by atoms with Crippen LogP contribution in [0.5, 0.6) is 0 Å². The Bertz CT molecular complexity index is 1250. The minimum atomic E-state index is -4.79. The third kappa shape index (κ3) is 4.13. The number of carboxylic acid groups (broad SMARTS) is 1. The van der Waals surface area contributed by atoms with Crippen molar-refractivity contribution in [2.45, 2.75) is 39.0 Å². The largest absolute Gasteiger partial charge is 0.476 e. The van der Waals surface area contributed by atoms with Gasteiger partial charge in [0.05, 0.1) is 12.1 Å². The number of aromatic nitrogens is 2. The first-order valence-corrected chi connectivity index (χ1v) is 10.8. The fourth-order valence-electron chi connectivity index (χ4n) is 4.59. The SMILES string of the molecule is COCCn1c(-c2ccc(N3C(=O)C(C)CC3C)cc2)cc2cc(C(F)(F)F)nc(C(=O)O)c21. The Morgan fingerprint density at radius 1 is 1.21 bits per heavy atom. The number of ether oxygens (including phenoxy) is 1. The molecule has 0 bridgehead atoms. The highest BCUT2D eigenvalue weighted by Gasteiger charge is 2.36. The lowest BCUT2D eigenvalue weighted by Crippen LogP contribution is -2.31. The third-order valence-corrected chi connectivity index (χ3v) is 6.12. The zero-order valence-electron chi connectivity index (χ0n) is 18.9. The normalized spacial score (nSPS) is 18.8. The van der Waals surface area contributed by atoms with E-state index in [1.807, 2.05) is 13.8 Å². The lowest BCUT2D eigenvalue weighted by atomic mass is 10.1. The van der Waals surface area contributed by atoms with Gasteiger partial charge >= 0.3 is 12.1 Å². The van der Waals surface area contributed by atoms with Crippen molar-refractivity contribution in [2.24, 2.45) is 5.92 Å². The number of amides is 1. The van der Waals surface area contributed by atoms with E-state index in [0.29, 0.717) is 11.3 Å². The van der Waals surface area contributed by atoms with Crippen LogP contribution in [0, 0.1) is 5.92 Å². The summed E-state index contributed by atoms with van der Waals surface area (Å²) in [5.74, 6) is -1.56. The molecule has 1 fully saturated rings. The second-order valence-corrected chi connectivity index (χ2v) is 8.51. The Balaban J connectivity index is 1.85. The summed E-state index contributed by atoms with van der Waals surface area (Å²) in [6, 6.07) is 9.56. The van der Waals surface area contributed by atoms with Crippen LogP contribution in [0.25, 0.3) is 22.2 Å². The minimum Gasteiger partial charge on any atom is -0.476 e. The highest BCUT2D eigenvalue weighted by Crippen LogP contribution is 2.36. The van der Waals surface area contributed by atoms with E-state index in [9.17, 15) is 27.9 Å². The molecule has 1 aromatic carbocycles. The average molecular weight is 475 g/mol. The van der Waals surface area contributed by atoms with Gasteiger partial charge in [0.2, 0.25) is 5.91 Å². The summed E-state index contributed by atoms with van der Waals surface area (Å²) in [5, 5.41) is 9.74. The molecule has 180 valence electrons. The number of rotatable bonds is 6. The summed E-state index contributed by atoms with van der Waals surface area (Å²) in [7, 11) is 1.48. The van der Waals surface area contributed by atoms with Gasteiger partial charge in [0.25, 0.3) is 0 Å². The molecular weight excluding hydrogens is 451 g/mol. The van der Waals surface area contributed by atoms with Gasteiger partial charge in [-0.2, -0.15) is 13.2 Å². The van der Waals surface area contributed by atoms with Crippen LogP contribution in [-0.2, 0) is 22.3 Å². The maximum absolute atomic E-state index is 13.4. The number of anilines is 1. The molecule has 2 unspecified atom stereocenters. The number of carbonyl (C=O) groups excluding carboxylic acids is 1. The molecule has 0 aliphatic carbocycles. The molecule has 0 radical (unpaired) electrons. The highest BCUT2D eigenvalue weighted by molar-refractivity contribution is 6.03. The summed E-state index contributed by atoms with van der Waals surface area (Å²) in [6.07, 6.45) is -4.02. The van der Waals surface area contributed by atoms with E-state index in [0.717, 1.165) is 18.2 Å². The van der Waals surface area contributed by atoms with Crippen LogP contribution in [0.3, 0.4) is 0 Å². The lowest BCUT2D eigenvalue weighted by molar-refractivity contribution is -0.141. The van der Waals surface area contributed by atoms with Gasteiger partial charge in [0, 0.05) is 42.4 Å². The Morgan fingerprint density at radius 3 is 2.41 bits per heavy atom. The molecule has 34 heavy (non-hydrogen) atoms. The molecule has 1 aliphatic rings. The Labute approximate surface area is 193 Å². The van der Waals surface area contributed by atoms with Gasteiger partial charge in [-0.05, 0) is 43.2 Å². The number of hydrogen-bond acceptors (Lipinski definition) is 4. The molecule has 2 aromatic heterocycles. The molecule has 1 amide bonds. The average Bonchev–Trinajstić information content (AvgIpc) is 3.27. The Morgan fingerprint density at radius 2 is 1.88 bits per heavy atom. The van der Waals surface area contributed by atoms with Crippen molar-refractivity contribution in [3.8, 4) is 11.3 Å². The highest BCUT2D eigenvalue weighted by atomic mass is 19.4. The van der Waals surface area contributed by atoms with Crippen molar-refractivity contribution < 1.29 is 32.6 Å². The number of halogens is 3. The summed E-state index contributed by atoms with van der Waals surface area (Å²) < 4.78 is 46.8. The first-order valence-electron chi connectivity index (χ1n) is 10.8. The Hall–Kier alpha value is -3.40. The van der Waals surface area contributed by atoms with E-state index in [1.54, 1.807) is 33.7 Å². The number of benzene rings is 1. The number of hydrogen-bond donors (Lipinski definition) is 1. The molecule has 3 aromatic rings. The summed E-state index contributed by atoms with van der Waals surface area (Å²) in [6.45, 7) is 4.30. The lowest BCUT2D eigenvalue weighted by Gasteiger charge is -2.22. The summed E-state index contributed by atoms with van der Waals surface area (Å²) in [4.78, 5) is 29.5. The second kappa shape index (κ2) is 8.75. The molecule has 1 aliphatic heterocycles. The second-order valence-electron chi connectivity index (χ2n) is 8.51.